The van der Waals surface area contributed by atoms with Crippen molar-refractivity contribution in [1.82, 2.24) is 0 Å². The molecule has 0 aliphatic heterocycles. The van der Waals surface area contributed by atoms with Crippen LogP contribution in [0.25, 0.3) is 10.1 Å². The van der Waals surface area contributed by atoms with E-state index in [1.807, 2.05) is 11.6 Å². The highest BCUT2D eigenvalue weighted by Crippen LogP contribution is 2.34. The fraction of sp³-hybridized carbons (Fsp3) is 0.111. The van der Waals surface area contributed by atoms with Crippen LogP contribution in [0.15, 0.2) is 27.3 Å². The van der Waals surface area contributed by atoms with Gasteiger partial charge in [0, 0.05) is 25.3 Å². The first kappa shape index (κ1) is 9.37. The number of thioether (sulfide) groups is 1. The van der Waals surface area contributed by atoms with E-state index in [0.29, 0.717) is 4.90 Å². The minimum atomic E-state index is -0.245. The van der Waals surface area contributed by atoms with Gasteiger partial charge in [0.25, 0.3) is 0 Å². The molecule has 0 N–H and O–H groups in total. The molecule has 0 nitrogen and oxygen atoms in total. The minimum Gasteiger partial charge on any atom is -0.206 e. The molecule has 0 unspecified atom stereocenters. The molecule has 1 heterocycles. The minimum absolute atomic E-state index is 0.245. The summed E-state index contributed by atoms with van der Waals surface area (Å²) in [6, 6.07) is 3.33. The van der Waals surface area contributed by atoms with E-state index in [9.17, 15) is 4.39 Å². The van der Waals surface area contributed by atoms with E-state index in [1.165, 1.54) is 4.90 Å². The Morgan fingerprint density at radius 3 is 2.92 bits per heavy atom. The number of fused-ring (bicyclic) bond motifs is 1. The first-order valence-corrected chi connectivity index (χ1v) is 6.21. The Bertz CT molecular complexity index is 447. The first-order chi connectivity index (χ1) is 6.22. The summed E-state index contributed by atoms with van der Waals surface area (Å²) < 4.78 is 14.1. The molecule has 2 rings (SSSR count). The van der Waals surface area contributed by atoms with Crippen molar-refractivity contribution in [2.45, 2.75) is 9.79 Å². The van der Waals surface area contributed by atoms with Gasteiger partial charge in [0.15, 0.2) is 0 Å². The lowest BCUT2D eigenvalue weighted by molar-refractivity contribution is 0.605. The highest BCUT2D eigenvalue weighted by atomic mass is 32.2. The lowest BCUT2D eigenvalue weighted by Crippen LogP contribution is -1.76. The van der Waals surface area contributed by atoms with Crippen molar-refractivity contribution >= 4 is 45.8 Å². The zero-order valence-corrected chi connectivity index (χ0v) is 9.40. The van der Waals surface area contributed by atoms with E-state index in [2.05, 4.69) is 12.6 Å². The molecule has 1 aromatic heterocycles. The molecular weight excluding hydrogens is 223 g/mol. The van der Waals surface area contributed by atoms with Gasteiger partial charge in [0.2, 0.25) is 0 Å². The second-order valence-corrected chi connectivity index (χ2v) is 4.84. The van der Waals surface area contributed by atoms with E-state index >= 15 is 0 Å². The summed E-state index contributed by atoms with van der Waals surface area (Å²) >= 11 is 7.30. The Morgan fingerprint density at radius 2 is 2.23 bits per heavy atom. The highest BCUT2D eigenvalue weighted by molar-refractivity contribution is 7.99. The van der Waals surface area contributed by atoms with Crippen LogP contribution in [0.1, 0.15) is 0 Å². The van der Waals surface area contributed by atoms with Gasteiger partial charge in [-0.25, -0.2) is 4.39 Å². The number of rotatable bonds is 1. The van der Waals surface area contributed by atoms with Crippen molar-refractivity contribution in [2.75, 3.05) is 6.26 Å². The number of thiophene rings is 1. The van der Waals surface area contributed by atoms with Gasteiger partial charge < -0.3 is 0 Å². The van der Waals surface area contributed by atoms with Crippen LogP contribution in [-0.2, 0) is 0 Å². The summed E-state index contributed by atoms with van der Waals surface area (Å²) in [6.45, 7) is 0. The highest BCUT2D eigenvalue weighted by Gasteiger charge is 2.06. The molecule has 68 valence electrons. The zero-order chi connectivity index (χ0) is 9.42. The fourth-order valence-corrected chi connectivity index (χ4v) is 3.18. The Balaban J connectivity index is 2.77. The maximum atomic E-state index is 13.1. The van der Waals surface area contributed by atoms with Crippen molar-refractivity contribution in [2.24, 2.45) is 0 Å². The molecule has 0 bridgehead atoms. The van der Waals surface area contributed by atoms with Crippen LogP contribution < -0.4 is 0 Å². The molecule has 0 saturated heterocycles. The molecule has 0 fully saturated rings. The summed E-state index contributed by atoms with van der Waals surface area (Å²) in [5.74, 6) is -0.245. The average molecular weight is 230 g/mol. The van der Waals surface area contributed by atoms with Crippen LogP contribution in [0, 0.1) is 5.82 Å². The SMILES string of the molecule is CSc1csc2cc(F)c(S)cc12. The predicted octanol–water partition coefficient (Wildman–Crippen LogP) is 4.05. The van der Waals surface area contributed by atoms with Gasteiger partial charge in [-0.15, -0.1) is 35.7 Å². The number of hydrogen-bond donors (Lipinski definition) is 1. The van der Waals surface area contributed by atoms with E-state index in [4.69, 9.17) is 0 Å². The van der Waals surface area contributed by atoms with Gasteiger partial charge in [-0.2, -0.15) is 0 Å². The van der Waals surface area contributed by atoms with E-state index in [0.717, 1.165) is 10.1 Å². The second-order valence-electron chi connectivity index (χ2n) is 2.60. The quantitative estimate of drug-likeness (QED) is 0.569. The van der Waals surface area contributed by atoms with Crippen molar-refractivity contribution in [3.8, 4) is 0 Å². The topological polar surface area (TPSA) is 0 Å². The molecule has 4 heteroatoms. The third kappa shape index (κ3) is 1.58. The molecule has 0 amide bonds. The molecule has 2 aromatic rings. The molecule has 0 saturated carbocycles. The van der Waals surface area contributed by atoms with Gasteiger partial charge in [-0.1, -0.05) is 0 Å². The lowest BCUT2D eigenvalue weighted by Gasteiger charge is -1.97. The maximum absolute atomic E-state index is 13.1. The molecule has 13 heavy (non-hydrogen) atoms. The van der Waals surface area contributed by atoms with Gasteiger partial charge in [-0.3, -0.25) is 0 Å². The summed E-state index contributed by atoms with van der Waals surface area (Å²) in [5.41, 5.74) is 0. The smallest absolute Gasteiger partial charge is 0.137 e. The predicted molar refractivity (Wildman–Crippen MR) is 60.8 cm³/mol. The second kappa shape index (κ2) is 3.52. The monoisotopic (exact) mass is 230 g/mol. The Labute approximate surface area is 89.6 Å². The molecule has 1 aromatic carbocycles. The van der Waals surface area contributed by atoms with Gasteiger partial charge in [0.05, 0.1) is 0 Å². The number of halogens is 1. The molecule has 0 aliphatic carbocycles. The van der Waals surface area contributed by atoms with Gasteiger partial charge in [0.1, 0.15) is 5.82 Å². The molecule has 0 spiro atoms. The molecule has 0 aliphatic rings. The van der Waals surface area contributed by atoms with E-state index in [1.54, 1.807) is 35.2 Å². The van der Waals surface area contributed by atoms with Crippen molar-refractivity contribution in [3.05, 3.63) is 23.3 Å². The average Bonchev–Trinajstić information content (AvgIpc) is 2.48. The third-order valence-electron chi connectivity index (χ3n) is 1.83. The zero-order valence-electron chi connectivity index (χ0n) is 6.87. The van der Waals surface area contributed by atoms with Crippen LogP contribution >= 0.6 is 35.7 Å². The van der Waals surface area contributed by atoms with Gasteiger partial charge in [-0.05, 0) is 18.4 Å². The number of hydrogen-bond acceptors (Lipinski definition) is 3. The summed E-state index contributed by atoms with van der Waals surface area (Å²) in [6.07, 6.45) is 2.02. The Morgan fingerprint density at radius 1 is 1.46 bits per heavy atom. The fourth-order valence-electron chi connectivity index (χ4n) is 1.17. The largest absolute Gasteiger partial charge is 0.206 e. The summed E-state index contributed by atoms with van der Waals surface area (Å²) in [7, 11) is 0. The molecular formula is C9H7FS3. The van der Waals surface area contributed by atoms with Crippen LogP contribution in [0.5, 0.6) is 0 Å². The van der Waals surface area contributed by atoms with Crippen molar-refractivity contribution < 1.29 is 4.39 Å². The standard InChI is InChI=1S/C9H7FS3/c1-12-9-4-13-8-3-6(10)7(11)2-5(8)9/h2-4,11H,1H3. The van der Waals surface area contributed by atoms with Crippen LogP contribution in [0.3, 0.4) is 0 Å². The van der Waals surface area contributed by atoms with Crippen LogP contribution in [0.2, 0.25) is 0 Å². The lowest BCUT2D eigenvalue weighted by atomic mass is 10.2. The molecule has 0 radical (unpaired) electrons. The van der Waals surface area contributed by atoms with Gasteiger partial charge >= 0.3 is 0 Å². The summed E-state index contributed by atoms with van der Waals surface area (Å²) in [5, 5.41) is 3.14. The number of benzene rings is 1. The van der Waals surface area contributed by atoms with Crippen LogP contribution in [-0.4, -0.2) is 6.26 Å². The van der Waals surface area contributed by atoms with E-state index in [-0.39, 0.29) is 5.82 Å². The summed E-state index contributed by atoms with van der Waals surface area (Å²) in [4.78, 5) is 1.61. The van der Waals surface area contributed by atoms with Crippen LogP contribution in [0.4, 0.5) is 4.39 Å². The van der Waals surface area contributed by atoms with Crippen molar-refractivity contribution in [1.29, 1.82) is 0 Å². The molecule has 0 atom stereocenters. The Hall–Kier alpha value is -0.190. The third-order valence-corrected chi connectivity index (χ3v) is 4.04. The first-order valence-electron chi connectivity index (χ1n) is 3.66. The normalized spacial score (nSPS) is 11.0. The van der Waals surface area contributed by atoms with E-state index < -0.39 is 0 Å². The van der Waals surface area contributed by atoms with Crippen molar-refractivity contribution in [3.63, 3.8) is 0 Å². The number of thiol groups is 1. The maximum Gasteiger partial charge on any atom is 0.137 e. The Kier molecular flexibility index (Phi) is 2.53.